The van der Waals surface area contributed by atoms with Crippen LogP contribution in [-0.2, 0) is 4.74 Å². The highest BCUT2D eigenvalue weighted by atomic mass is 16.5. The van der Waals surface area contributed by atoms with E-state index in [1.54, 1.807) is 0 Å². The third-order valence-electron chi connectivity index (χ3n) is 3.56. The number of hydrogen-bond acceptors (Lipinski definition) is 3. The van der Waals surface area contributed by atoms with Crippen molar-refractivity contribution in [3.8, 4) is 0 Å². The summed E-state index contributed by atoms with van der Waals surface area (Å²) in [5, 5.41) is 17.4. The van der Waals surface area contributed by atoms with Crippen molar-refractivity contribution in [3.05, 3.63) is 23.3 Å². The fourth-order valence-corrected chi connectivity index (χ4v) is 2.06. The summed E-state index contributed by atoms with van der Waals surface area (Å²) in [6.07, 6.45) is 12.8. The van der Waals surface area contributed by atoms with Crippen molar-refractivity contribution in [2.45, 2.75) is 65.2 Å². The minimum absolute atomic E-state index is 0.303. The van der Waals surface area contributed by atoms with Crippen molar-refractivity contribution in [2.24, 2.45) is 0 Å². The number of unbranched alkanes of at least 4 members (excludes halogenated alkanes) is 4. The van der Waals surface area contributed by atoms with Gasteiger partial charge in [-0.25, -0.2) is 0 Å². The van der Waals surface area contributed by atoms with Crippen LogP contribution in [-0.4, -0.2) is 36.6 Å². The molecular formula is C18H34O3. The van der Waals surface area contributed by atoms with E-state index in [1.807, 2.05) is 0 Å². The Bertz CT molecular complexity index is 254. The molecule has 0 aliphatic heterocycles. The van der Waals surface area contributed by atoms with Crippen molar-refractivity contribution in [1.82, 2.24) is 0 Å². The predicted molar refractivity (Wildman–Crippen MR) is 89.4 cm³/mol. The predicted octanol–water partition coefficient (Wildman–Crippen LogP) is 4.00. The summed E-state index contributed by atoms with van der Waals surface area (Å²) in [7, 11) is 0. The second kappa shape index (κ2) is 15.7. The molecule has 0 bridgehead atoms. The maximum atomic E-state index is 8.71. The second-order valence-electron chi connectivity index (χ2n) is 5.71. The second-order valence-corrected chi connectivity index (χ2v) is 5.71. The summed E-state index contributed by atoms with van der Waals surface area (Å²) < 4.78 is 5.60. The molecule has 0 spiro atoms. The third-order valence-corrected chi connectivity index (χ3v) is 3.56. The average Bonchev–Trinajstić information content (AvgIpc) is 2.48. The molecule has 3 nitrogen and oxygen atoms in total. The lowest BCUT2D eigenvalue weighted by molar-refractivity contribution is 0.192. The molecule has 124 valence electrons. The van der Waals surface area contributed by atoms with Crippen LogP contribution in [0.2, 0.25) is 0 Å². The molecule has 0 heterocycles. The van der Waals surface area contributed by atoms with Gasteiger partial charge in [-0.05, 0) is 52.4 Å². The van der Waals surface area contributed by atoms with E-state index in [9.17, 15) is 0 Å². The standard InChI is InChI=1S/C18H34O3/c1-17(9-5-3-7-13-19)11-15-21-16-12-18(2)10-6-4-8-14-20/h11-12,19-20H,3-10,13-16H2,1-2H3. The Labute approximate surface area is 130 Å². The third kappa shape index (κ3) is 15.6. The summed E-state index contributed by atoms with van der Waals surface area (Å²) in [6, 6.07) is 0. The number of allylic oxidation sites excluding steroid dienone is 2. The first-order valence-corrected chi connectivity index (χ1v) is 8.31. The fraction of sp³-hybridized carbons (Fsp3) is 0.778. The Morgan fingerprint density at radius 3 is 1.52 bits per heavy atom. The lowest BCUT2D eigenvalue weighted by Gasteiger charge is -2.03. The first-order chi connectivity index (χ1) is 10.2. The number of ether oxygens (including phenoxy) is 1. The van der Waals surface area contributed by atoms with E-state index in [0.717, 1.165) is 51.4 Å². The topological polar surface area (TPSA) is 49.7 Å². The molecule has 21 heavy (non-hydrogen) atoms. The molecule has 0 aromatic rings. The smallest absolute Gasteiger partial charge is 0.0654 e. The molecule has 0 aliphatic carbocycles. The van der Waals surface area contributed by atoms with Crippen LogP contribution in [0.15, 0.2) is 23.3 Å². The van der Waals surface area contributed by atoms with Crippen LogP contribution in [0.5, 0.6) is 0 Å². The number of aliphatic hydroxyl groups excluding tert-OH is 2. The summed E-state index contributed by atoms with van der Waals surface area (Å²) in [5.41, 5.74) is 2.75. The normalized spacial score (nSPS) is 13.0. The van der Waals surface area contributed by atoms with E-state index in [4.69, 9.17) is 14.9 Å². The van der Waals surface area contributed by atoms with Gasteiger partial charge in [0.1, 0.15) is 0 Å². The van der Waals surface area contributed by atoms with Gasteiger partial charge < -0.3 is 14.9 Å². The van der Waals surface area contributed by atoms with Crippen LogP contribution in [0.4, 0.5) is 0 Å². The van der Waals surface area contributed by atoms with Gasteiger partial charge in [0.2, 0.25) is 0 Å². The molecule has 0 amide bonds. The van der Waals surface area contributed by atoms with Crippen molar-refractivity contribution in [2.75, 3.05) is 26.4 Å². The minimum Gasteiger partial charge on any atom is -0.396 e. The Hall–Kier alpha value is -0.640. The van der Waals surface area contributed by atoms with Crippen molar-refractivity contribution in [3.63, 3.8) is 0 Å². The van der Waals surface area contributed by atoms with Gasteiger partial charge in [0.15, 0.2) is 0 Å². The summed E-state index contributed by atoms with van der Waals surface area (Å²) in [4.78, 5) is 0. The van der Waals surface area contributed by atoms with Crippen molar-refractivity contribution < 1.29 is 14.9 Å². The Morgan fingerprint density at radius 1 is 0.714 bits per heavy atom. The molecule has 0 aromatic heterocycles. The van der Waals surface area contributed by atoms with E-state index in [0.29, 0.717) is 26.4 Å². The lowest BCUT2D eigenvalue weighted by Crippen LogP contribution is -1.94. The average molecular weight is 298 g/mol. The van der Waals surface area contributed by atoms with Crippen molar-refractivity contribution >= 4 is 0 Å². The molecule has 3 heteroatoms. The van der Waals surface area contributed by atoms with Crippen LogP contribution in [0.3, 0.4) is 0 Å². The van der Waals surface area contributed by atoms with Gasteiger partial charge >= 0.3 is 0 Å². The van der Waals surface area contributed by atoms with Crippen LogP contribution in [0.25, 0.3) is 0 Å². The first kappa shape index (κ1) is 20.4. The monoisotopic (exact) mass is 298 g/mol. The van der Waals surface area contributed by atoms with Gasteiger partial charge in [-0.15, -0.1) is 0 Å². The van der Waals surface area contributed by atoms with Crippen LogP contribution >= 0.6 is 0 Å². The van der Waals surface area contributed by atoms with E-state index in [2.05, 4.69) is 26.0 Å². The summed E-state index contributed by atoms with van der Waals surface area (Å²) in [6.45, 7) is 6.25. The van der Waals surface area contributed by atoms with E-state index in [1.165, 1.54) is 11.1 Å². The SMILES string of the molecule is CC(=CCOCC=C(C)CCCCCO)CCCCCO. The molecule has 0 aromatic carbocycles. The molecule has 0 unspecified atom stereocenters. The summed E-state index contributed by atoms with van der Waals surface area (Å²) >= 11 is 0. The molecule has 0 radical (unpaired) electrons. The maximum Gasteiger partial charge on any atom is 0.0654 e. The highest BCUT2D eigenvalue weighted by Crippen LogP contribution is 2.09. The van der Waals surface area contributed by atoms with Gasteiger partial charge in [0.25, 0.3) is 0 Å². The van der Waals surface area contributed by atoms with Crippen LogP contribution < -0.4 is 0 Å². The quantitative estimate of drug-likeness (QED) is 0.376. The van der Waals surface area contributed by atoms with Crippen molar-refractivity contribution in [1.29, 1.82) is 0 Å². The van der Waals surface area contributed by atoms with Gasteiger partial charge in [-0.3, -0.25) is 0 Å². The zero-order valence-corrected chi connectivity index (χ0v) is 13.9. The number of aliphatic hydroxyl groups is 2. The van der Waals surface area contributed by atoms with Crippen LogP contribution in [0, 0.1) is 0 Å². The molecule has 0 rings (SSSR count). The molecule has 0 aliphatic rings. The Morgan fingerprint density at radius 2 is 1.14 bits per heavy atom. The molecular weight excluding hydrogens is 264 g/mol. The molecule has 0 atom stereocenters. The minimum atomic E-state index is 0.303. The Kier molecular flexibility index (Phi) is 15.3. The highest BCUT2D eigenvalue weighted by Gasteiger charge is 1.93. The van der Waals surface area contributed by atoms with Gasteiger partial charge in [0, 0.05) is 13.2 Å². The largest absolute Gasteiger partial charge is 0.396 e. The first-order valence-electron chi connectivity index (χ1n) is 8.31. The summed E-state index contributed by atoms with van der Waals surface area (Å²) in [5.74, 6) is 0. The van der Waals surface area contributed by atoms with E-state index >= 15 is 0 Å². The van der Waals surface area contributed by atoms with Gasteiger partial charge in [0.05, 0.1) is 13.2 Å². The molecule has 2 N–H and O–H groups in total. The molecule has 0 saturated carbocycles. The zero-order chi connectivity index (χ0) is 15.8. The van der Waals surface area contributed by atoms with Gasteiger partial charge in [-0.1, -0.05) is 36.1 Å². The van der Waals surface area contributed by atoms with Gasteiger partial charge in [-0.2, -0.15) is 0 Å². The zero-order valence-electron chi connectivity index (χ0n) is 13.9. The Balaban J connectivity index is 3.54. The number of rotatable bonds is 14. The van der Waals surface area contributed by atoms with E-state index in [-0.39, 0.29) is 0 Å². The molecule has 0 fully saturated rings. The van der Waals surface area contributed by atoms with E-state index < -0.39 is 0 Å². The number of hydrogen-bond donors (Lipinski definition) is 2. The lowest BCUT2D eigenvalue weighted by atomic mass is 10.1. The fourth-order valence-electron chi connectivity index (χ4n) is 2.06. The maximum absolute atomic E-state index is 8.71. The highest BCUT2D eigenvalue weighted by molar-refractivity contribution is 4.99. The van der Waals surface area contributed by atoms with Crippen LogP contribution in [0.1, 0.15) is 65.2 Å². The molecule has 0 saturated heterocycles.